The number of rotatable bonds is 4. The third-order valence-electron chi connectivity index (χ3n) is 2.18. The van der Waals surface area contributed by atoms with Crippen molar-refractivity contribution in [3.8, 4) is 0 Å². The third-order valence-corrected chi connectivity index (χ3v) is 2.18. The van der Waals surface area contributed by atoms with E-state index in [9.17, 15) is 4.79 Å². The lowest BCUT2D eigenvalue weighted by molar-refractivity contribution is -0.118. The van der Waals surface area contributed by atoms with Crippen molar-refractivity contribution in [1.82, 2.24) is 15.3 Å². The minimum absolute atomic E-state index is 0.0218. The monoisotopic (exact) mass is 218 g/mol. The molecular formula is C11H14N4O. The van der Waals surface area contributed by atoms with Gasteiger partial charge in [-0.3, -0.25) is 4.79 Å². The zero-order valence-corrected chi connectivity index (χ0v) is 9.08. The third kappa shape index (κ3) is 2.50. The molecule has 0 bridgehead atoms. The summed E-state index contributed by atoms with van der Waals surface area (Å²) >= 11 is 0. The van der Waals surface area contributed by atoms with Crippen molar-refractivity contribution in [2.75, 3.05) is 18.4 Å². The van der Waals surface area contributed by atoms with Crippen LogP contribution in [0.1, 0.15) is 6.92 Å². The first-order chi connectivity index (χ1) is 7.75. The maximum Gasteiger partial charge on any atom is 0.216 e. The van der Waals surface area contributed by atoms with Crippen LogP contribution in [-0.2, 0) is 4.79 Å². The number of imidazole rings is 1. The van der Waals surface area contributed by atoms with Gasteiger partial charge in [0.2, 0.25) is 11.9 Å². The first-order valence-corrected chi connectivity index (χ1v) is 5.19. The smallest absolute Gasteiger partial charge is 0.216 e. The van der Waals surface area contributed by atoms with Crippen LogP contribution in [0.2, 0.25) is 0 Å². The van der Waals surface area contributed by atoms with E-state index < -0.39 is 0 Å². The molecule has 5 heteroatoms. The van der Waals surface area contributed by atoms with Crippen molar-refractivity contribution in [3.63, 3.8) is 0 Å². The molecule has 1 aromatic carbocycles. The standard InChI is InChI=1S/C11H14N4O/c1-8(16)12-6-7-13-11-14-9-4-2-3-5-10(9)15-11/h2-5H,6-7H2,1H3,(H,12,16)(H2,13,14,15). The number of fused-ring (bicyclic) bond motifs is 1. The SMILES string of the molecule is CC(=O)NCCNc1nc2ccccc2[nH]1. The Kier molecular flexibility index (Phi) is 3.05. The summed E-state index contributed by atoms with van der Waals surface area (Å²) in [6.45, 7) is 2.74. The van der Waals surface area contributed by atoms with Gasteiger partial charge in [0.15, 0.2) is 0 Å². The molecule has 5 nitrogen and oxygen atoms in total. The molecular weight excluding hydrogens is 204 g/mol. The lowest BCUT2D eigenvalue weighted by atomic mass is 10.3. The van der Waals surface area contributed by atoms with Gasteiger partial charge >= 0.3 is 0 Å². The van der Waals surface area contributed by atoms with Gasteiger partial charge < -0.3 is 15.6 Å². The Morgan fingerprint density at radius 3 is 2.94 bits per heavy atom. The quantitative estimate of drug-likeness (QED) is 0.673. The van der Waals surface area contributed by atoms with E-state index in [0.29, 0.717) is 13.1 Å². The number of H-pyrrole nitrogens is 1. The van der Waals surface area contributed by atoms with E-state index in [1.165, 1.54) is 6.92 Å². The fourth-order valence-electron chi connectivity index (χ4n) is 1.46. The minimum Gasteiger partial charge on any atom is -0.355 e. The van der Waals surface area contributed by atoms with Crippen molar-refractivity contribution in [2.24, 2.45) is 0 Å². The van der Waals surface area contributed by atoms with E-state index in [1.807, 2.05) is 24.3 Å². The van der Waals surface area contributed by atoms with Crippen LogP contribution in [0, 0.1) is 0 Å². The van der Waals surface area contributed by atoms with Gasteiger partial charge in [-0.2, -0.15) is 0 Å². The Balaban J connectivity index is 1.92. The predicted octanol–water partition coefficient (Wildman–Crippen LogP) is 1.11. The molecule has 2 aromatic rings. The number of nitrogens with one attached hydrogen (secondary N) is 3. The predicted molar refractivity (Wildman–Crippen MR) is 63.3 cm³/mol. The lowest BCUT2D eigenvalue weighted by Gasteiger charge is -2.02. The number of hydrogen-bond acceptors (Lipinski definition) is 3. The van der Waals surface area contributed by atoms with Crippen LogP contribution in [-0.4, -0.2) is 29.0 Å². The van der Waals surface area contributed by atoms with Crippen molar-refractivity contribution in [2.45, 2.75) is 6.92 Å². The number of carbonyl (C=O) groups excluding carboxylic acids is 1. The van der Waals surface area contributed by atoms with Crippen LogP contribution < -0.4 is 10.6 Å². The highest BCUT2D eigenvalue weighted by atomic mass is 16.1. The summed E-state index contributed by atoms with van der Waals surface area (Å²) in [6.07, 6.45) is 0. The van der Waals surface area contributed by atoms with E-state index in [0.717, 1.165) is 17.0 Å². The fourth-order valence-corrected chi connectivity index (χ4v) is 1.46. The molecule has 0 unspecified atom stereocenters. The van der Waals surface area contributed by atoms with Crippen LogP contribution >= 0.6 is 0 Å². The molecule has 1 aromatic heterocycles. The molecule has 2 rings (SSSR count). The van der Waals surface area contributed by atoms with Gasteiger partial charge in [-0.1, -0.05) is 12.1 Å². The highest BCUT2D eigenvalue weighted by molar-refractivity contribution is 5.77. The van der Waals surface area contributed by atoms with Gasteiger partial charge in [-0.25, -0.2) is 4.98 Å². The number of para-hydroxylation sites is 2. The van der Waals surface area contributed by atoms with Gasteiger partial charge in [0.25, 0.3) is 0 Å². The van der Waals surface area contributed by atoms with Gasteiger partial charge in [-0.05, 0) is 12.1 Å². The molecule has 16 heavy (non-hydrogen) atoms. The normalized spacial score (nSPS) is 10.3. The largest absolute Gasteiger partial charge is 0.355 e. The summed E-state index contributed by atoms with van der Waals surface area (Å²) in [5.41, 5.74) is 1.94. The number of amides is 1. The number of hydrogen-bond donors (Lipinski definition) is 3. The van der Waals surface area contributed by atoms with Gasteiger partial charge in [-0.15, -0.1) is 0 Å². The molecule has 0 saturated carbocycles. The van der Waals surface area contributed by atoms with Crippen molar-refractivity contribution in [1.29, 1.82) is 0 Å². The van der Waals surface area contributed by atoms with Crippen LogP contribution in [0.15, 0.2) is 24.3 Å². The number of aromatic amines is 1. The topological polar surface area (TPSA) is 69.8 Å². The highest BCUT2D eigenvalue weighted by Crippen LogP contribution is 2.12. The van der Waals surface area contributed by atoms with Gasteiger partial charge in [0.05, 0.1) is 11.0 Å². The summed E-state index contributed by atoms with van der Waals surface area (Å²) in [6, 6.07) is 7.83. The number of benzene rings is 1. The summed E-state index contributed by atoms with van der Waals surface area (Å²) in [5.74, 6) is 0.706. The lowest BCUT2D eigenvalue weighted by Crippen LogP contribution is -2.26. The molecule has 0 atom stereocenters. The van der Waals surface area contributed by atoms with Crippen molar-refractivity contribution < 1.29 is 4.79 Å². The summed E-state index contributed by atoms with van der Waals surface area (Å²) < 4.78 is 0. The second-order valence-corrected chi connectivity index (χ2v) is 3.51. The van der Waals surface area contributed by atoms with E-state index in [2.05, 4.69) is 20.6 Å². The van der Waals surface area contributed by atoms with E-state index >= 15 is 0 Å². The molecule has 1 amide bonds. The Bertz CT molecular complexity index is 458. The molecule has 0 radical (unpaired) electrons. The summed E-state index contributed by atoms with van der Waals surface area (Å²) in [7, 11) is 0. The van der Waals surface area contributed by atoms with Crippen LogP contribution in [0.3, 0.4) is 0 Å². The molecule has 0 aliphatic heterocycles. The number of aromatic nitrogens is 2. The fraction of sp³-hybridized carbons (Fsp3) is 0.273. The highest BCUT2D eigenvalue weighted by Gasteiger charge is 2.00. The maximum absolute atomic E-state index is 10.6. The molecule has 3 N–H and O–H groups in total. The minimum atomic E-state index is -0.0218. The second kappa shape index (κ2) is 4.65. The second-order valence-electron chi connectivity index (χ2n) is 3.51. The van der Waals surface area contributed by atoms with Crippen LogP contribution in [0.4, 0.5) is 5.95 Å². The summed E-state index contributed by atoms with van der Waals surface area (Å²) in [4.78, 5) is 18.1. The van der Waals surface area contributed by atoms with Crippen molar-refractivity contribution >= 4 is 22.9 Å². The van der Waals surface area contributed by atoms with Crippen LogP contribution in [0.5, 0.6) is 0 Å². The Hall–Kier alpha value is -2.04. The Morgan fingerprint density at radius 2 is 2.19 bits per heavy atom. The average Bonchev–Trinajstić information content (AvgIpc) is 2.66. The zero-order valence-electron chi connectivity index (χ0n) is 9.08. The molecule has 0 aliphatic carbocycles. The summed E-state index contributed by atoms with van der Waals surface area (Å²) in [5, 5.41) is 5.81. The van der Waals surface area contributed by atoms with Gasteiger partial charge in [0.1, 0.15) is 0 Å². The molecule has 1 heterocycles. The number of carbonyl (C=O) groups is 1. The Morgan fingerprint density at radius 1 is 1.38 bits per heavy atom. The zero-order chi connectivity index (χ0) is 11.4. The number of anilines is 1. The first kappa shape index (κ1) is 10.5. The van der Waals surface area contributed by atoms with Crippen molar-refractivity contribution in [3.05, 3.63) is 24.3 Å². The molecule has 0 fully saturated rings. The molecule has 0 spiro atoms. The van der Waals surface area contributed by atoms with Gasteiger partial charge in [0, 0.05) is 20.0 Å². The Labute approximate surface area is 93.3 Å². The molecule has 0 saturated heterocycles. The van der Waals surface area contributed by atoms with E-state index in [4.69, 9.17) is 0 Å². The first-order valence-electron chi connectivity index (χ1n) is 5.19. The van der Waals surface area contributed by atoms with Crippen LogP contribution in [0.25, 0.3) is 11.0 Å². The number of nitrogens with zero attached hydrogens (tertiary/aromatic N) is 1. The average molecular weight is 218 g/mol. The molecule has 84 valence electrons. The maximum atomic E-state index is 10.6. The van der Waals surface area contributed by atoms with E-state index in [1.54, 1.807) is 0 Å². The molecule has 0 aliphatic rings. The van der Waals surface area contributed by atoms with E-state index in [-0.39, 0.29) is 5.91 Å².